The van der Waals surface area contributed by atoms with Gasteiger partial charge in [0.15, 0.2) is 5.72 Å². The summed E-state index contributed by atoms with van der Waals surface area (Å²) in [7, 11) is 0. The SMILES string of the molecule is CCCCCCCCCCCCCCC(CCCCCCCCCCCCCC)C(=O)NC(O)(COCCO)Cc1ccccc1. The Morgan fingerprint density at radius 1 is 0.652 bits per heavy atom. The number of carbonyl (C=O) groups excluding carboxylic acids is 1. The molecular weight excluding hydrogens is 570 g/mol. The number of aliphatic hydroxyl groups excluding tert-OH is 1. The molecule has 0 aliphatic carbocycles. The molecule has 1 rings (SSSR count). The molecule has 0 spiro atoms. The van der Waals surface area contributed by atoms with E-state index in [0.717, 1.165) is 31.2 Å². The summed E-state index contributed by atoms with van der Waals surface area (Å²) < 4.78 is 5.54. The predicted molar refractivity (Wildman–Crippen MR) is 196 cm³/mol. The lowest BCUT2D eigenvalue weighted by Crippen LogP contribution is -2.55. The largest absolute Gasteiger partial charge is 0.394 e. The maximum atomic E-state index is 13.7. The van der Waals surface area contributed by atoms with E-state index in [1.54, 1.807) is 0 Å². The standard InChI is InChI=1S/C41H75NO4/c1-3-5-7-9-11-13-15-17-19-21-23-28-32-39(33-29-24-22-20-18-16-14-12-10-8-6-4-2)40(44)42-41(45,37-46-35-34-43)36-38-30-26-25-27-31-38/h25-27,30-31,39,43,45H,3-24,28-29,32-37H2,1-2H3,(H,42,44). The quantitative estimate of drug-likeness (QED) is 0.0515. The molecule has 0 saturated heterocycles. The number of carbonyl (C=O) groups is 1. The topological polar surface area (TPSA) is 78.8 Å². The first-order chi connectivity index (χ1) is 22.5. The van der Waals surface area contributed by atoms with Gasteiger partial charge in [-0.3, -0.25) is 4.79 Å². The lowest BCUT2D eigenvalue weighted by Gasteiger charge is -2.31. The van der Waals surface area contributed by atoms with Gasteiger partial charge in [-0.1, -0.05) is 198 Å². The zero-order valence-corrected chi connectivity index (χ0v) is 30.4. The number of rotatable bonds is 34. The molecule has 0 saturated carbocycles. The molecule has 1 aromatic rings. The molecule has 0 fully saturated rings. The summed E-state index contributed by atoms with van der Waals surface area (Å²) in [5.74, 6) is -0.149. The van der Waals surface area contributed by atoms with E-state index in [2.05, 4.69) is 19.2 Å². The number of amides is 1. The summed E-state index contributed by atoms with van der Waals surface area (Å²) in [6.07, 6.45) is 33.4. The van der Waals surface area contributed by atoms with Gasteiger partial charge < -0.3 is 20.3 Å². The summed E-state index contributed by atoms with van der Waals surface area (Å²) in [4.78, 5) is 13.7. The highest BCUT2D eigenvalue weighted by Crippen LogP contribution is 2.22. The van der Waals surface area contributed by atoms with Crippen molar-refractivity contribution in [2.45, 2.75) is 193 Å². The molecule has 3 N–H and O–H groups in total. The van der Waals surface area contributed by atoms with Gasteiger partial charge in [0.25, 0.3) is 0 Å². The van der Waals surface area contributed by atoms with E-state index in [9.17, 15) is 15.0 Å². The van der Waals surface area contributed by atoms with Gasteiger partial charge in [0, 0.05) is 12.3 Å². The second kappa shape index (κ2) is 30.9. The highest BCUT2D eigenvalue weighted by Gasteiger charge is 2.32. The van der Waals surface area contributed by atoms with E-state index in [1.165, 1.54) is 141 Å². The number of unbranched alkanes of at least 4 members (excludes halogenated alkanes) is 22. The van der Waals surface area contributed by atoms with Crippen LogP contribution in [0.25, 0.3) is 0 Å². The summed E-state index contributed by atoms with van der Waals surface area (Å²) >= 11 is 0. The average Bonchev–Trinajstić information content (AvgIpc) is 3.05. The molecule has 5 heteroatoms. The monoisotopic (exact) mass is 646 g/mol. The lowest BCUT2D eigenvalue weighted by atomic mass is 9.92. The summed E-state index contributed by atoms with van der Waals surface area (Å²) in [5.41, 5.74) is -0.560. The Morgan fingerprint density at radius 3 is 1.43 bits per heavy atom. The first-order valence-corrected chi connectivity index (χ1v) is 19.8. The molecule has 0 aliphatic rings. The summed E-state index contributed by atoms with van der Waals surface area (Å²) in [6.45, 7) is 4.52. The molecule has 5 nitrogen and oxygen atoms in total. The van der Waals surface area contributed by atoms with Crippen molar-refractivity contribution in [2.24, 2.45) is 5.92 Å². The summed E-state index contributed by atoms with van der Waals surface area (Å²) in [6, 6.07) is 9.74. The fourth-order valence-corrected chi connectivity index (χ4v) is 6.57. The van der Waals surface area contributed by atoms with Gasteiger partial charge >= 0.3 is 0 Å². The van der Waals surface area contributed by atoms with E-state index >= 15 is 0 Å². The fourth-order valence-electron chi connectivity index (χ4n) is 6.57. The van der Waals surface area contributed by atoms with Gasteiger partial charge in [-0.2, -0.15) is 0 Å². The second-order valence-electron chi connectivity index (χ2n) is 14.0. The van der Waals surface area contributed by atoms with Crippen LogP contribution in [0.3, 0.4) is 0 Å². The van der Waals surface area contributed by atoms with E-state index in [-0.39, 0.29) is 38.1 Å². The van der Waals surface area contributed by atoms with Gasteiger partial charge in [0.05, 0.1) is 19.8 Å². The Balaban J connectivity index is 2.52. The molecule has 0 aliphatic heterocycles. The van der Waals surface area contributed by atoms with Crippen molar-refractivity contribution in [3.05, 3.63) is 35.9 Å². The van der Waals surface area contributed by atoms with Crippen molar-refractivity contribution in [2.75, 3.05) is 19.8 Å². The van der Waals surface area contributed by atoms with Gasteiger partial charge in [0.2, 0.25) is 5.91 Å². The fraction of sp³-hybridized carbons (Fsp3) is 0.829. The number of ether oxygens (including phenoxy) is 1. The highest BCUT2D eigenvalue weighted by atomic mass is 16.5. The van der Waals surface area contributed by atoms with Crippen LogP contribution < -0.4 is 5.32 Å². The summed E-state index contributed by atoms with van der Waals surface area (Å²) in [5, 5.41) is 23.7. The van der Waals surface area contributed by atoms with Crippen LogP contribution in [0.2, 0.25) is 0 Å². The minimum Gasteiger partial charge on any atom is -0.394 e. The Hall–Kier alpha value is -1.43. The third-order valence-electron chi connectivity index (χ3n) is 9.45. The van der Waals surface area contributed by atoms with Crippen molar-refractivity contribution in [1.82, 2.24) is 5.32 Å². The Bertz CT molecular complexity index is 760. The molecule has 0 heterocycles. The molecule has 0 aromatic heterocycles. The van der Waals surface area contributed by atoms with E-state index in [0.29, 0.717) is 0 Å². The molecule has 0 radical (unpaired) electrons. The van der Waals surface area contributed by atoms with Crippen LogP contribution in [-0.4, -0.2) is 41.7 Å². The third-order valence-corrected chi connectivity index (χ3v) is 9.45. The molecule has 1 amide bonds. The minimum atomic E-state index is -1.50. The Kier molecular flexibility index (Phi) is 28.6. The van der Waals surface area contributed by atoms with E-state index in [1.807, 2.05) is 30.3 Å². The second-order valence-corrected chi connectivity index (χ2v) is 14.0. The first-order valence-electron chi connectivity index (χ1n) is 19.8. The molecule has 46 heavy (non-hydrogen) atoms. The van der Waals surface area contributed by atoms with Crippen LogP contribution in [0.1, 0.15) is 186 Å². The van der Waals surface area contributed by atoms with Crippen LogP contribution in [0, 0.1) is 5.92 Å². The minimum absolute atomic E-state index is 0.0435. The number of hydrogen-bond acceptors (Lipinski definition) is 4. The molecule has 1 aromatic carbocycles. The molecule has 0 bridgehead atoms. The number of benzene rings is 1. The average molecular weight is 646 g/mol. The zero-order valence-electron chi connectivity index (χ0n) is 30.4. The van der Waals surface area contributed by atoms with Gasteiger partial charge in [-0.25, -0.2) is 0 Å². The van der Waals surface area contributed by atoms with Gasteiger partial charge in [-0.15, -0.1) is 0 Å². The zero-order chi connectivity index (χ0) is 33.4. The molecule has 1 unspecified atom stereocenters. The normalized spacial score (nSPS) is 12.9. The Labute approximate surface area is 285 Å². The first kappa shape index (κ1) is 42.6. The molecule has 268 valence electrons. The van der Waals surface area contributed by atoms with Crippen LogP contribution in [0.5, 0.6) is 0 Å². The number of aliphatic hydroxyl groups is 2. The van der Waals surface area contributed by atoms with Gasteiger partial charge in [0.1, 0.15) is 0 Å². The Morgan fingerprint density at radius 2 is 1.04 bits per heavy atom. The van der Waals surface area contributed by atoms with Crippen LogP contribution >= 0.6 is 0 Å². The lowest BCUT2D eigenvalue weighted by molar-refractivity contribution is -0.139. The van der Waals surface area contributed by atoms with Crippen molar-refractivity contribution >= 4 is 5.91 Å². The van der Waals surface area contributed by atoms with Crippen LogP contribution in [0.15, 0.2) is 30.3 Å². The highest BCUT2D eigenvalue weighted by molar-refractivity contribution is 5.79. The van der Waals surface area contributed by atoms with Crippen LogP contribution in [-0.2, 0) is 16.0 Å². The maximum absolute atomic E-state index is 13.7. The van der Waals surface area contributed by atoms with E-state index < -0.39 is 5.72 Å². The van der Waals surface area contributed by atoms with Gasteiger partial charge in [-0.05, 0) is 18.4 Å². The van der Waals surface area contributed by atoms with Crippen LogP contribution in [0.4, 0.5) is 0 Å². The van der Waals surface area contributed by atoms with Crippen molar-refractivity contribution in [3.63, 3.8) is 0 Å². The third kappa shape index (κ3) is 24.7. The molecule has 1 atom stereocenters. The smallest absolute Gasteiger partial charge is 0.225 e. The van der Waals surface area contributed by atoms with Crippen molar-refractivity contribution < 1.29 is 19.7 Å². The number of nitrogens with one attached hydrogen (secondary N) is 1. The van der Waals surface area contributed by atoms with Crippen molar-refractivity contribution in [1.29, 1.82) is 0 Å². The predicted octanol–water partition coefficient (Wildman–Crippen LogP) is 10.8. The maximum Gasteiger partial charge on any atom is 0.225 e. The van der Waals surface area contributed by atoms with Crippen molar-refractivity contribution in [3.8, 4) is 0 Å². The number of hydrogen-bond donors (Lipinski definition) is 3. The molecular formula is C41H75NO4. The van der Waals surface area contributed by atoms with E-state index in [4.69, 9.17) is 4.74 Å².